The first kappa shape index (κ1) is 10.0. The average molecular weight is 244 g/mol. The maximum atomic E-state index is 12.8. The van der Waals surface area contributed by atoms with Crippen LogP contribution < -0.4 is 0 Å². The van der Waals surface area contributed by atoms with Gasteiger partial charge >= 0.3 is 0 Å². The molecule has 0 fully saturated rings. The van der Waals surface area contributed by atoms with E-state index in [4.69, 9.17) is 5.53 Å². The van der Waals surface area contributed by atoms with Crippen LogP contribution in [0.3, 0.4) is 0 Å². The Morgan fingerprint density at radius 1 is 1.62 bits per heavy atom. The van der Waals surface area contributed by atoms with E-state index >= 15 is 0 Å². The Kier molecular flexibility index (Phi) is 3.28. The zero-order valence-electron chi connectivity index (χ0n) is 6.91. The van der Waals surface area contributed by atoms with Gasteiger partial charge in [0.1, 0.15) is 5.82 Å². The maximum absolute atomic E-state index is 12.8. The topological polar surface area (TPSA) is 48.8 Å². The van der Waals surface area contributed by atoms with Crippen LogP contribution in [0.2, 0.25) is 0 Å². The van der Waals surface area contributed by atoms with Crippen molar-refractivity contribution in [2.45, 2.75) is 13.0 Å². The van der Waals surface area contributed by atoms with Crippen LogP contribution in [0.25, 0.3) is 10.4 Å². The molecule has 5 heteroatoms. The van der Waals surface area contributed by atoms with E-state index in [-0.39, 0.29) is 11.9 Å². The first-order valence-corrected chi connectivity index (χ1v) is 4.43. The standard InChI is InChI=1S/C8H7BrFN3/c1-5(12-13-11)6-2-3-8(10)7(9)4-6/h2-5H,1H3. The van der Waals surface area contributed by atoms with Crippen molar-refractivity contribution in [3.8, 4) is 0 Å². The summed E-state index contributed by atoms with van der Waals surface area (Å²) < 4.78 is 13.2. The summed E-state index contributed by atoms with van der Waals surface area (Å²) in [6.07, 6.45) is 0. The monoisotopic (exact) mass is 243 g/mol. The minimum absolute atomic E-state index is 0.276. The number of azide groups is 1. The van der Waals surface area contributed by atoms with Crippen LogP contribution in [0.4, 0.5) is 4.39 Å². The first-order valence-electron chi connectivity index (χ1n) is 3.64. The van der Waals surface area contributed by atoms with E-state index < -0.39 is 0 Å². The van der Waals surface area contributed by atoms with Crippen LogP contribution >= 0.6 is 15.9 Å². The predicted molar refractivity (Wildman–Crippen MR) is 51.7 cm³/mol. The van der Waals surface area contributed by atoms with Gasteiger partial charge in [-0.2, -0.15) is 0 Å². The Hall–Kier alpha value is -1.06. The highest BCUT2D eigenvalue weighted by atomic mass is 79.9. The molecule has 0 aliphatic rings. The molecule has 0 spiro atoms. The van der Waals surface area contributed by atoms with E-state index in [1.54, 1.807) is 19.1 Å². The molecular weight excluding hydrogens is 237 g/mol. The smallest absolute Gasteiger partial charge is 0.137 e. The van der Waals surface area contributed by atoms with E-state index in [1.807, 2.05) is 0 Å². The second-order valence-electron chi connectivity index (χ2n) is 2.55. The molecule has 0 amide bonds. The van der Waals surface area contributed by atoms with Crippen LogP contribution in [-0.2, 0) is 0 Å². The fourth-order valence-electron chi connectivity index (χ4n) is 0.916. The van der Waals surface area contributed by atoms with Crippen molar-refractivity contribution in [1.29, 1.82) is 0 Å². The molecule has 3 nitrogen and oxygen atoms in total. The summed E-state index contributed by atoms with van der Waals surface area (Å²) in [4.78, 5) is 2.68. The minimum atomic E-state index is -0.322. The van der Waals surface area contributed by atoms with E-state index in [9.17, 15) is 4.39 Å². The van der Waals surface area contributed by atoms with Crippen molar-refractivity contribution >= 4 is 15.9 Å². The lowest BCUT2D eigenvalue weighted by molar-refractivity contribution is 0.619. The third-order valence-electron chi connectivity index (χ3n) is 1.65. The summed E-state index contributed by atoms with van der Waals surface area (Å²) in [6, 6.07) is 4.26. The fraction of sp³-hybridized carbons (Fsp3) is 0.250. The quantitative estimate of drug-likeness (QED) is 0.429. The number of hydrogen-bond donors (Lipinski definition) is 0. The van der Waals surface area contributed by atoms with Gasteiger partial charge in [-0.1, -0.05) is 18.1 Å². The zero-order chi connectivity index (χ0) is 9.84. The lowest BCUT2D eigenvalue weighted by Gasteiger charge is -2.05. The Morgan fingerprint density at radius 3 is 2.85 bits per heavy atom. The second-order valence-corrected chi connectivity index (χ2v) is 3.41. The summed E-state index contributed by atoms with van der Waals surface area (Å²) in [5.74, 6) is -0.322. The molecule has 0 saturated carbocycles. The summed E-state index contributed by atoms with van der Waals surface area (Å²) in [7, 11) is 0. The normalized spacial score (nSPS) is 11.9. The molecule has 0 heterocycles. The number of rotatable bonds is 2. The summed E-state index contributed by atoms with van der Waals surface area (Å²) >= 11 is 3.06. The van der Waals surface area contributed by atoms with Gasteiger partial charge in [0.25, 0.3) is 0 Å². The number of hydrogen-bond acceptors (Lipinski definition) is 1. The predicted octanol–water partition coefficient (Wildman–Crippen LogP) is 3.96. The van der Waals surface area contributed by atoms with E-state index in [0.29, 0.717) is 4.47 Å². The van der Waals surface area contributed by atoms with Crippen molar-refractivity contribution in [3.63, 3.8) is 0 Å². The summed E-state index contributed by atoms with van der Waals surface area (Å²) in [5, 5.41) is 3.50. The lowest BCUT2D eigenvalue weighted by Crippen LogP contribution is -1.89. The van der Waals surface area contributed by atoms with Gasteiger partial charge in [-0.05, 0) is 39.2 Å². The molecular formula is C8H7BrFN3. The van der Waals surface area contributed by atoms with Crippen molar-refractivity contribution in [2.24, 2.45) is 5.11 Å². The molecule has 0 radical (unpaired) electrons. The van der Waals surface area contributed by atoms with Gasteiger partial charge in [-0.3, -0.25) is 0 Å². The Morgan fingerprint density at radius 2 is 2.31 bits per heavy atom. The average Bonchev–Trinajstić information content (AvgIpc) is 2.10. The fourth-order valence-corrected chi connectivity index (χ4v) is 1.31. The summed E-state index contributed by atoms with van der Waals surface area (Å²) in [6.45, 7) is 1.75. The van der Waals surface area contributed by atoms with Gasteiger partial charge in [-0.25, -0.2) is 4.39 Å². The lowest BCUT2D eigenvalue weighted by atomic mass is 10.1. The van der Waals surface area contributed by atoms with Crippen LogP contribution in [0.5, 0.6) is 0 Å². The number of benzene rings is 1. The molecule has 1 atom stereocenters. The highest BCUT2D eigenvalue weighted by molar-refractivity contribution is 9.10. The summed E-state index contributed by atoms with van der Waals surface area (Å²) in [5.41, 5.74) is 8.98. The molecule has 1 unspecified atom stereocenters. The van der Waals surface area contributed by atoms with Crippen LogP contribution in [0, 0.1) is 5.82 Å². The van der Waals surface area contributed by atoms with Crippen LogP contribution in [-0.4, -0.2) is 0 Å². The molecule has 13 heavy (non-hydrogen) atoms. The Balaban J connectivity index is 3.03. The number of nitrogens with zero attached hydrogens (tertiary/aromatic N) is 3. The zero-order valence-corrected chi connectivity index (χ0v) is 8.49. The molecule has 1 aromatic carbocycles. The molecule has 0 aromatic heterocycles. The SMILES string of the molecule is CC(N=[N+]=[N-])c1ccc(F)c(Br)c1. The highest BCUT2D eigenvalue weighted by Crippen LogP contribution is 2.23. The Labute approximate surface area is 83.3 Å². The molecule has 0 bridgehead atoms. The molecule has 0 aliphatic heterocycles. The van der Waals surface area contributed by atoms with Crippen molar-refractivity contribution in [1.82, 2.24) is 0 Å². The van der Waals surface area contributed by atoms with E-state index in [0.717, 1.165) is 5.56 Å². The molecule has 0 saturated heterocycles. The second kappa shape index (κ2) is 4.25. The van der Waals surface area contributed by atoms with Gasteiger partial charge in [0.05, 0.1) is 10.5 Å². The molecule has 68 valence electrons. The third kappa shape index (κ3) is 2.44. The van der Waals surface area contributed by atoms with Crippen molar-refractivity contribution in [3.05, 3.63) is 44.5 Å². The van der Waals surface area contributed by atoms with Crippen LogP contribution in [0.15, 0.2) is 27.8 Å². The van der Waals surface area contributed by atoms with Gasteiger partial charge in [0, 0.05) is 4.91 Å². The van der Waals surface area contributed by atoms with Gasteiger partial charge in [-0.15, -0.1) is 0 Å². The molecule has 1 aromatic rings. The van der Waals surface area contributed by atoms with Crippen molar-refractivity contribution in [2.75, 3.05) is 0 Å². The van der Waals surface area contributed by atoms with Gasteiger partial charge < -0.3 is 0 Å². The minimum Gasteiger partial charge on any atom is -0.206 e. The maximum Gasteiger partial charge on any atom is 0.137 e. The van der Waals surface area contributed by atoms with E-state index in [2.05, 4.69) is 26.0 Å². The number of halogens is 2. The molecule has 0 N–H and O–H groups in total. The largest absolute Gasteiger partial charge is 0.206 e. The molecule has 1 rings (SSSR count). The van der Waals surface area contributed by atoms with Gasteiger partial charge in [0.2, 0.25) is 0 Å². The van der Waals surface area contributed by atoms with Crippen molar-refractivity contribution < 1.29 is 4.39 Å². The molecule has 0 aliphatic carbocycles. The Bertz CT molecular complexity index is 360. The van der Waals surface area contributed by atoms with E-state index in [1.165, 1.54) is 6.07 Å². The van der Waals surface area contributed by atoms with Gasteiger partial charge in [0.15, 0.2) is 0 Å². The third-order valence-corrected chi connectivity index (χ3v) is 2.26. The highest BCUT2D eigenvalue weighted by Gasteiger charge is 2.05. The van der Waals surface area contributed by atoms with Crippen LogP contribution in [0.1, 0.15) is 18.5 Å². The first-order chi connectivity index (χ1) is 6.15.